The standard InChI is InChI=1S/C22H24ClN5OS/c1-2-19-22(29)28(11-10-27(19)9-3-4-16-6-8-20(23)30-16)13-15-5-7-17-18(12-15)25-14-26-21(17)24/h3-8,12,14,19H,2,9-11,13H2,1H3,(H2,24,25,26)/b4-3+. The lowest BCUT2D eigenvalue weighted by molar-refractivity contribution is -0.142. The minimum atomic E-state index is -0.103. The van der Waals surface area contributed by atoms with Gasteiger partial charge in [-0.2, -0.15) is 0 Å². The maximum Gasteiger partial charge on any atom is 0.240 e. The highest BCUT2D eigenvalue weighted by molar-refractivity contribution is 7.16. The fraction of sp³-hybridized carbons (Fsp3) is 0.318. The lowest BCUT2D eigenvalue weighted by Gasteiger charge is -2.40. The predicted octanol–water partition coefficient (Wildman–Crippen LogP) is 4.06. The number of hydrogen-bond donors (Lipinski definition) is 1. The summed E-state index contributed by atoms with van der Waals surface area (Å²) in [5.41, 5.74) is 7.76. The van der Waals surface area contributed by atoms with Crippen molar-refractivity contribution in [3.05, 3.63) is 57.5 Å². The number of nitrogens with zero attached hydrogens (tertiary/aromatic N) is 4. The number of amides is 1. The Morgan fingerprint density at radius 2 is 2.13 bits per heavy atom. The number of hydrogen-bond acceptors (Lipinski definition) is 6. The number of carbonyl (C=O) groups is 1. The van der Waals surface area contributed by atoms with E-state index >= 15 is 0 Å². The van der Waals surface area contributed by atoms with Crippen LogP contribution in [0.5, 0.6) is 0 Å². The average molecular weight is 442 g/mol. The lowest BCUT2D eigenvalue weighted by Crippen LogP contribution is -2.56. The molecule has 0 saturated carbocycles. The van der Waals surface area contributed by atoms with Crippen molar-refractivity contribution >= 4 is 51.6 Å². The van der Waals surface area contributed by atoms with Gasteiger partial charge < -0.3 is 10.6 Å². The summed E-state index contributed by atoms with van der Waals surface area (Å²) in [5.74, 6) is 0.652. The molecule has 1 aliphatic rings. The summed E-state index contributed by atoms with van der Waals surface area (Å²) in [6.45, 7) is 4.95. The molecule has 1 aromatic carbocycles. The van der Waals surface area contributed by atoms with Crippen LogP contribution in [0.1, 0.15) is 23.8 Å². The molecule has 1 fully saturated rings. The Morgan fingerprint density at radius 1 is 1.27 bits per heavy atom. The number of anilines is 1. The summed E-state index contributed by atoms with van der Waals surface area (Å²) in [6, 6.07) is 9.72. The Bertz CT molecular complexity index is 1080. The number of piperazine rings is 1. The van der Waals surface area contributed by atoms with Gasteiger partial charge >= 0.3 is 0 Å². The zero-order valence-corrected chi connectivity index (χ0v) is 18.4. The molecule has 156 valence electrons. The molecule has 1 atom stereocenters. The molecule has 30 heavy (non-hydrogen) atoms. The molecule has 0 radical (unpaired) electrons. The topological polar surface area (TPSA) is 75.3 Å². The maximum absolute atomic E-state index is 13.1. The van der Waals surface area contributed by atoms with Crippen molar-refractivity contribution in [2.24, 2.45) is 0 Å². The summed E-state index contributed by atoms with van der Waals surface area (Å²) >= 11 is 7.54. The van der Waals surface area contributed by atoms with Crippen LogP contribution in [0.25, 0.3) is 17.0 Å². The molecule has 0 aliphatic carbocycles. The number of nitrogens with two attached hydrogens (primary N) is 1. The number of fused-ring (bicyclic) bond motifs is 1. The van der Waals surface area contributed by atoms with Gasteiger partial charge in [-0.25, -0.2) is 9.97 Å². The van der Waals surface area contributed by atoms with Gasteiger partial charge in [-0.15, -0.1) is 11.3 Å². The Labute approximate surface area is 185 Å². The van der Waals surface area contributed by atoms with Crippen LogP contribution in [0.4, 0.5) is 5.82 Å². The van der Waals surface area contributed by atoms with E-state index in [4.69, 9.17) is 17.3 Å². The zero-order valence-electron chi connectivity index (χ0n) is 16.8. The van der Waals surface area contributed by atoms with E-state index in [1.165, 1.54) is 6.33 Å². The number of halogens is 1. The highest BCUT2D eigenvalue weighted by atomic mass is 35.5. The average Bonchev–Trinajstić information content (AvgIpc) is 3.15. The first-order valence-corrected chi connectivity index (χ1v) is 11.2. The van der Waals surface area contributed by atoms with Crippen molar-refractivity contribution in [3.8, 4) is 0 Å². The molecular formula is C22H24ClN5OS. The summed E-state index contributed by atoms with van der Waals surface area (Å²) in [6.07, 6.45) is 6.44. The second kappa shape index (κ2) is 9.12. The molecule has 2 aromatic heterocycles. The van der Waals surface area contributed by atoms with E-state index in [0.717, 1.165) is 45.2 Å². The maximum atomic E-state index is 13.1. The van der Waals surface area contributed by atoms with Gasteiger partial charge in [0.2, 0.25) is 5.91 Å². The summed E-state index contributed by atoms with van der Waals surface area (Å²) in [7, 11) is 0. The van der Waals surface area contributed by atoms with E-state index < -0.39 is 0 Å². The predicted molar refractivity (Wildman–Crippen MR) is 123 cm³/mol. The number of benzene rings is 1. The molecule has 3 heterocycles. The molecule has 0 spiro atoms. The highest BCUT2D eigenvalue weighted by Crippen LogP contribution is 2.23. The van der Waals surface area contributed by atoms with E-state index in [-0.39, 0.29) is 11.9 Å². The quantitative estimate of drug-likeness (QED) is 0.624. The fourth-order valence-electron chi connectivity index (χ4n) is 3.85. The smallest absolute Gasteiger partial charge is 0.240 e. The third-order valence-electron chi connectivity index (χ3n) is 5.40. The molecule has 2 N–H and O–H groups in total. The third-order valence-corrected chi connectivity index (χ3v) is 6.60. The molecule has 8 heteroatoms. The van der Waals surface area contributed by atoms with E-state index in [9.17, 15) is 4.79 Å². The van der Waals surface area contributed by atoms with Gasteiger partial charge in [0.05, 0.1) is 15.9 Å². The van der Waals surface area contributed by atoms with Crippen LogP contribution in [-0.4, -0.2) is 51.4 Å². The Hall–Kier alpha value is -2.48. The first-order chi connectivity index (χ1) is 14.5. The summed E-state index contributed by atoms with van der Waals surface area (Å²) < 4.78 is 0.785. The van der Waals surface area contributed by atoms with Crippen LogP contribution in [0.3, 0.4) is 0 Å². The molecule has 0 bridgehead atoms. The SMILES string of the molecule is CCC1C(=O)N(Cc2ccc3c(N)ncnc3c2)CCN1C/C=C/c1ccc(Cl)s1. The second-order valence-corrected chi connectivity index (χ2v) is 9.08. The van der Waals surface area contributed by atoms with E-state index in [2.05, 4.69) is 33.9 Å². The molecule has 4 rings (SSSR count). The monoisotopic (exact) mass is 441 g/mol. The van der Waals surface area contributed by atoms with Crippen LogP contribution in [0, 0.1) is 0 Å². The van der Waals surface area contributed by atoms with Crippen LogP contribution in [0.2, 0.25) is 4.34 Å². The molecular weight excluding hydrogens is 418 g/mol. The Morgan fingerprint density at radius 3 is 2.90 bits per heavy atom. The van der Waals surface area contributed by atoms with Gasteiger partial charge in [0.25, 0.3) is 0 Å². The van der Waals surface area contributed by atoms with Crippen molar-refractivity contribution in [2.45, 2.75) is 25.9 Å². The van der Waals surface area contributed by atoms with Crippen LogP contribution >= 0.6 is 22.9 Å². The van der Waals surface area contributed by atoms with Crippen molar-refractivity contribution in [3.63, 3.8) is 0 Å². The van der Waals surface area contributed by atoms with E-state index in [0.29, 0.717) is 18.9 Å². The molecule has 1 unspecified atom stereocenters. The first kappa shape index (κ1) is 20.8. The van der Waals surface area contributed by atoms with Gasteiger partial charge in [-0.3, -0.25) is 9.69 Å². The number of thiophene rings is 1. The first-order valence-electron chi connectivity index (χ1n) is 9.99. The van der Waals surface area contributed by atoms with Gasteiger partial charge in [0.1, 0.15) is 12.1 Å². The van der Waals surface area contributed by atoms with Gasteiger partial charge in [0, 0.05) is 36.4 Å². The van der Waals surface area contributed by atoms with Crippen LogP contribution in [-0.2, 0) is 11.3 Å². The van der Waals surface area contributed by atoms with Crippen LogP contribution in [0.15, 0.2) is 42.7 Å². The zero-order chi connectivity index (χ0) is 21.1. The minimum absolute atomic E-state index is 0.103. The fourth-order valence-corrected chi connectivity index (χ4v) is 4.85. The number of aromatic nitrogens is 2. The van der Waals surface area contributed by atoms with Crippen molar-refractivity contribution < 1.29 is 4.79 Å². The molecule has 6 nitrogen and oxygen atoms in total. The normalized spacial score (nSPS) is 18.0. The number of rotatable bonds is 6. The number of carbonyl (C=O) groups excluding carboxylic acids is 1. The third kappa shape index (κ3) is 4.48. The molecule has 1 amide bonds. The van der Waals surface area contributed by atoms with E-state index in [1.807, 2.05) is 35.2 Å². The molecule has 3 aromatic rings. The molecule has 1 aliphatic heterocycles. The summed E-state index contributed by atoms with van der Waals surface area (Å²) in [4.78, 5) is 26.8. The largest absolute Gasteiger partial charge is 0.383 e. The van der Waals surface area contributed by atoms with Crippen LogP contribution < -0.4 is 5.73 Å². The minimum Gasteiger partial charge on any atom is -0.383 e. The van der Waals surface area contributed by atoms with Crippen molar-refractivity contribution in [1.82, 2.24) is 19.8 Å². The van der Waals surface area contributed by atoms with Gasteiger partial charge in [-0.05, 0) is 42.3 Å². The lowest BCUT2D eigenvalue weighted by atomic mass is 10.1. The second-order valence-electron chi connectivity index (χ2n) is 7.33. The molecule has 1 saturated heterocycles. The Balaban J connectivity index is 1.42. The van der Waals surface area contributed by atoms with Gasteiger partial charge in [-0.1, -0.05) is 30.7 Å². The summed E-state index contributed by atoms with van der Waals surface area (Å²) in [5, 5.41) is 0.836. The van der Waals surface area contributed by atoms with Gasteiger partial charge in [0.15, 0.2) is 0 Å². The van der Waals surface area contributed by atoms with Crippen molar-refractivity contribution in [1.29, 1.82) is 0 Å². The van der Waals surface area contributed by atoms with Crippen molar-refractivity contribution in [2.75, 3.05) is 25.4 Å². The highest BCUT2D eigenvalue weighted by Gasteiger charge is 2.32. The Kier molecular flexibility index (Phi) is 6.32. The number of nitrogen functional groups attached to an aromatic ring is 1. The van der Waals surface area contributed by atoms with E-state index in [1.54, 1.807) is 11.3 Å².